The van der Waals surface area contributed by atoms with Crippen LogP contribution in [0.2, 0.25) is 0 Å². The molecule has 0 radical (unpaired) electrons. The van der Waals surface area contributed by atoms with E-state index < -0.39 is 5.97 Å². The van der Waals surface area contributed by atoms with Crippen molar-refractivity contribution in [1.29, 1.82) is 0 Å². The molecule has 0 amide bonds. The highest BCUT2D eigenvalue weighted by atomic mass is 19.1. The summed E-state index contributed by atoms with van der Waals surface area (Å²) in [4.78, 5) is 19.1. The third-order valence-electron chi connectivity index (χ3n) is 5.03. The van der Waals surface area contributed by atoms with Crippen LogP contribution in [0.3, 0.4) is 0 Å². The van der Waals surface area contributed by atoms with Crippen molar-refractivity contribution >= 4 is 39.3 Å². The van der Waals surface area contributed by atoms with Crippen molar-refractivity contribution in [3.8, 4) is 11.3 Å². The van der Waals surface area contributed by atoms with Crippen LogP contribution in [0, 0.1) is 5.82 Å². The minimum atomic E-state index is -0.973. The maximum Gasteiger partial charge on any atom is 0.335 e. The van der Waals surface area contributed by atoms with Gasteiger partial charge in [-0.2, -0.15) is 0 Å². The number of benzene rings is 2. The second kappa shape index (κ2) is 8.00. The van der Waals surface area contributed by atoms with Gasteiger partial charge in [0.2, 0.25) is 0 Å². The number of aromatic carboxylic acids is 1. The SMILES string of the molecule is CNc1cc(F)cc2c(NCCCN)c3cc(-c4ccc(C(=O)O)cc4)[nH]c3nc12. The van der Waals surface area contributed by atoms with Crippen LogP contribution in [0.5, 0.6) is 0 Å². The van der Waals surface area contributed by atoms with E-state index in [4.69, 9.17) is 15.8 Å². The molecule has 6 N–H and O–H groups in total. The number of halogens is 1. The normalized spacial score (nSPS) is 11.2. The minimum Gasteiger partial charge on any atom is -0.478 e. The Bertz CT molecular complexity index is 1230. The molecule has 30 heavy (non-hydrogen) atoms. The molecule has 2 aromatic carbocycles. The van der Waals surface area contributed by atoms with E-state index in [9.17, 15) is 9.18 Å². The lowest BCUT2D eigenvalue weighted by atomic mass is 10.1. The molecule has 2 aromatic heterocycles. The van der Waals surface area contributed by atoms with Gasteiger partial charge in [0.1, 0.15) is 11.5 Å². The summed E-state index contributed by atoms with van der Waals surface area (Å²) in [6, 6.07) is 11.4. The molecule has 2 heterocycles. The van der Waals surface area contributed by atoms with Crippen LogP contribution in [0.1, 0.15) is 16.8 Å². The van der Waals surface area contributed by atoms with Gasteiger partial charge in [-0.3, -0.25) is 0 Å². The molecule has 0 aliphatic rings. The summed E-state index contributed by atoms with van der Waals surface area (Å²) in [6.07, 6.45) is 0.771. The first-order valence-corrected chi connectivity index (χ1v) is 9.63. The van der Waals surface area contributed by atoms with Crippen molar-refractivity contribution in [2.75, 3.05) is 30.8 Å². The molecular formula is C22H22FN5O2. The summed E-state index contributed by atoms with van der Waals surface area (Å²) in [5.41, 5.74) is 10.1. The number of H-pyrrole nitrogens is 1. The molecule has 4 aromatic rings. The van der Waals surface area contributed by atoms with Gasteiger partial charge in [-0.1, -0.05) is 12.1 Å². The zero-order chi connectivity index (χ0) is 21.3. The Kier molecular flexibility index (Phi) is 5.24. The lowest BCUT2D eigenvalue weighted by molar-refractivity contribution is 0.0697. The maximum atomic E-state index is 14.3. The fourth-order valence-electron chi connectivity index (χ4n) is 3.53. The molecule has 0 aliphatic heterocycles. The molecule has 0 saturated heterocycles. The van der Waals surface area contributed by atoms with Crippen molar-refractivity contribution in [3.63, 3.8) is 0 Å². The first-order valence-electron chi connectivity index (χ1n) is 9.63. The fourth-order valence-corrected chi connectivity index (χ4v) is 3.53. The van der Waals surface area contributed by atoms with E-state index >= 15 is 0 Å². The van der Waals surface area contributed by atoms with E-state index in [1.165, 1.54) is 12.1 Å². The average Bonchev–Trinajstić information content (AvgIpc) is 3.17. The van der Waals surface area contributed by atoms with Crippen LogP contribution >= 0.6 is 0 Å². The molecule has 0 fully saturated rings. The molecule has 0 spiro atoms. The highest BCUT2D eigenvalue weighted by molar-refractivity contribution is 6.11. The average molecular weight is 407 g/mol. The summed E-state index contributed by atoms with van der Waals surface area (Å²) < 4.78 is 14.3. The maximum absolute atomic E-state index is 14.3. The van der Waals surface area contributed by atoms with Gasteiger partial charge in [0.05, 0.1) is 22.5 Å². The first-order chi connectivity index (χ1) is 14.5. The van der Waals surface area contributed by atoms with Gasteiger partial charge in [0, 0.05) is 30.1 Å². The monoisotopic (exact) mass is 407 g/mol. The number of pyridine rings is 1. The summed E-state index contributed by atoms with van der Waals surface area (Å²) in [6.45, 7) is 1.19. The Morgan fingerprint density at radius 2 is 1.97 bits per heavy atom. The summed E-state index contributed by atoms with van der Waals surface area (Å²) in [5.74, 6) is -1.32. The second-order valence-corrected chi connectivity index (χ2v) is 6.98. The van der Waals surface area contributed by atoms with Crippen molar-refractivity contribution in [2.24, 2.45) is 5.73 Å². The molecule has 0 atom stereocenters. The van der Waals surface area contributed by atoms with Crippen molar-refractivity contribution in [3.05, 3.63) is 53.8 Å². The van der Waals surface area contributed by atoms with E-state index in [0.29, 0.717) is 35.3 Å². The summed E-state index contributed by atoms with van der Waals surface area (Å²) >= 11 is 0. The third kappa shape index (κ3) is 3.53. The van der Waals surface area contributed by atoms with Crippen LogP contribution in [0.4, 0.5) is 15.8 Å². The Morgan fingerprint density at radius 3 is 2.63 bits per heavy atom. The number of aromatic nitrogens is 2. The first kappa shape index (κ1) is 19.7. The van der Waals surface area contributed by atoms with Crippen LogP contribution in [0.25, 0.3) is 33.2 Å². The lowest BCUT2D eigenvalue weighted by Crippen LogP contribution is -2.09. The summed E-state index contributed by atoms with van der Waals surface area (Å²) in [7, 11) is 1.73. The summed E-state index contributed by atoms with van der Waals surface area (Å²) in [5, 5.41) is 17.0. The smallest absolute Gasteiger partial charge is 0.335 e. The van der Waals surface area contributed by atoms with E-state index in [1.807, 2.05) is 6.07 Å². The Morgan fingerprint density at radius 1 is 1.20 bits per heavy atom. The van der Waals surface area contributed by atoms with Crippen LogP contribution in [0.15, 0.2) is 42.5 Å². The lowest BCUT2D eigenvalue weighted by Gasteiger charge is -2.13. The Labute approximate surface area is 172 Å². The molecule has 0 bridgehead atoms. The molecule has 0 saturated carbocycles. The fraction of sp³-hybridized carbons (Fsp3) is 0.182. The molecule has 7 nitrogen and oxygen atoms in total. The highest BCUT2D eigenvalue weighted by Crippen LogP contribution is 2.37. The van der Waals surface area contributed by atoms with Crippen LogP contribution in [-0.4, -0.2) is 41.2 Å². The number of carboxylic acids is 1. The van der Waals surface area contributed by atoms with Gasteiger partial charge >= 0.3 is 5.97 Å². The number of carbonyl (C=O) groups is 1. The van der Waals surface area contributed by atoms with Crippen molar-refractivity contribution < 1.29 is 14.3 Å². The largest absolute Gasteiger partial charge is 0.478 e. The number of nitrogens with one attached hydrogen (secondary N) is 3. The number of nitrogens with zero attached hydrogens (tertiary/aromatic N) is 1. The van der Waals surface area contributed by atoms with E-state index in [1.54, 1.807) is 31.3 Å². The second-order valence-electron chi connectivity index (χ2n) is 6.98. The standard InChI is InChI=1S/C22H22FN5O2/c1-25-18-10-14(23)9-15-19(26-8-2-7-24)16-11-17(27-21(16)28-20(15)18)12-3-5-13(6-4-12)22(29)30/h3-6,9-11,25H,2,7-8,24H2,1H3,(H,29,30)(H2,26,27,28). The Hall–Kier alpha value is -3.65. The number of nitrogens with two attached hydrogens (primary N) is 1. The highest BCUT2D eigenvalue weighted by Gasteiger charge is 2.16. The topological polar surface area (TPSA) is 116 Å². The molecule has 4 rings (SSSR count). The van der Waals surface area contributed by atoms with Crippen molar-refractivity contribution in [2.45, 2.75) is 6.42 Å². The molecular weight excluding hydrogens is 385 g/mol. The third-order valence-corrected chi connectivity index (χ3v) is 5.03. The van der Waals surface area contributed by atoms with E-state index in [-0.39, 0.29) is 11.4 Å². The van der Waals surface area contributed by atoms with E-state index in [0.717, 1.165) is 28.8 Å². The number of rotatable bonds is 7. The number of carboxylic acid groups (broad SMARTS) is 1. The van der Waals surface area contributed by atoms with Gasteiger partial charge in [-0.15, -0.1) is 0 Å². The molecule has 0 aliphatic carbocycles. The predicted molar refractivity (Wildman–Crippen MR) is 118 cm³/mol. The van der Waals surface area contributed by atoms with Crippen LogP contribution in [-0.2, 0) is 0 Å². The zero-order valence-electron chi connectivity index (χ0n) is 16.4. The Balaban J connectivity index is 1.91. The zero-order valence-corrected chi connectivity index (χ0v) is 16.4. The number of aromatic amines is 1. The van der Waals surface area contributed by atoms with Gasteiger partial charge in [-0.05, 0) is 48.9 Å². The minimum absolute atomic E-state index is 0.219. The quantitative estimate of drug-likeness (QED) is 0.296. The van der Waals surface area contributed by atoms with Gasteiger partial charge in [0.25, 0.3) is 0 Å². The van der Waals surface area contributed by atoms with Crippen molar-refractivity contribution in [1.82, 2.24) is 9.97 Å². The molecule has 8 heteroatoms. The van der Waals surface area contributed by atoms with E-state index in [2.05, 4.69) is 15.6 Å². The van der Waals surface area contributed by atoms with Crippen LogP contribution < -0.4 is 16.4 Å². The number of hydrogen-bond donors (Lipinski definition) is 5. The number of anilines is 2. The van der Waals surface area contributed by atoms with Gasteiger partial charge < -0.3 is 26.5 Å². The molecule has 154 valence electrons. The number of hydrogen-bond acceptors (Lipinski definition) is 5. The van der Waals surface area contributed by atoms with Gasteiger partial charge in [-0.25, -0.2) is 14.2 Å². The predicted octanol–water partition coefficient (Wildman–Crippen LogP) is 4.02. The van der Waals surface area contributed by atoms with Gasteiger partial charge in [0.15, 0.2) is 0 Å². The number of fused-ring (bicyclic) bond motifs is 2. The molecule has 0 unspecified atom stereocenters.